The molecule has 2 aromatic rings. The number of thioether (sulfide) groups is 1. The van der Waals surface area contributed by atoms with Crippen LogP contribution in [0, 0.1) is 24.1 Å². The Labute approximate surface area is 226 Å². The van der Waals surface area contributed by atoms with Crippen LogP contribution in [0.4, 0.5) is 15.9 Å². The molecule has 3 heterocycles. The number of halogens is 1. The van der Waals surface area contributed by atoms with Gasteiger partial charge in [-0.1, -0.05) is 37.8 Å². The molecule has 0 atom stereocenters. The van der Waals surface area contributed by atoms with Crippen molar-refractivity contribution in [3.63, 3.8) is 0 Å². The Morgan fingerprint density at radius 3 is 2.27 bits per heavy atom. The number of thiocarbonyl (C=S) groups is 1. The standard InChI is InChI=1S/C27H30FN5O2S2/c1-4-10-32-24(31-14-12-30(13-15-31)20-8-6-19(28)7-9-20)21(18(3)22(17-29)25(32)34)16-23-26(35)33(11-5-2)27(36)37-23/h6-9,16H,4-5,10-15H2,1-3H3. The van der Waals surface area contributed by atoms with Crippen molar-refractivity contribution in [2.24, 2.45) is 0 Å². The fourth-order valence-electron chi connectivity index (χ4n) is 4.79. The first-order valence-corrected chi connectivity index (χ1v) is 13.7. The van der Waals surface area contributed by atoms with Crippen LogP contribution in [-0.2, 0) is 11.3 Å². The molecule has 1 aromatic heterocycles. The van der Waals surface area contributed by atoms with Crippen molar-refractivity contribution >= 4 is 51.8 Å². The van der Waals surface area contributed by atoms with Gasteiger partial charge in [-0.25, -0.2) is 4.39 Å². The van der Waals surface area contributed by atoms with Crippen LogP contribution in [0.3, 0.4) is 0 Å². The van der Waals surface area contributed by atoms with E-state index in [2.05, 4.69) is 15.9 Å². The minimum atomic E-state index is -0.312. The van der Waals surface area contributed by atoms with Gasteiger partial charge in [0.15, 0.2) is 0 Å². The van der Waals surface area contributed by atoms with Gasteiger partial charge in [-0.2, -0.15) is 5.26 Å². The zero-order valence-electron chi connectivity index (χ0n) is 21.3. The summed E-state index contributed by atoms with van der Waals surface area (Å²) in [6.45, 7) is 9.39. The second-order valence-electron chi connectivity index (χ2n) is 9.09. The second kappa shape index (κ2) is 11.5. The maximum absolute atomic E-state index is 13.4. The molecule has 0 radical (unpaired) electrons. The zero-order valence-corrected chi connectivity index (χ0v) is 22.9. The number of benzene rings is 1. The lowest BCUT2D eigenvalue weighted by Crippen LogP contribution is -2.48. The molecule has 194 valence electrons. The lowest BCUT2D eigenvalue weighted by atomic mass is 10.0. The van der Waals surface area contributed by atoms with Crippen LogP contribution < -0.4 is 15.4 Å². The molecule has 0 spiro atoms. The summed E-state index contributed by atoms with van der Waals surface area (Å²) in [6.07, 6.45) is 3.31. The third-order valence-electron chi connectivity index (χ3n) is 6.66. The second-order valence-corrected chi connectivity index (χ2v) is 10.8. The van der Waals surface area contributed by atoms with Gasteiger partial charge in [-0.05, 0) is 55.7 Å². The molecule has 37 heavy (non-hydrogen) atoms. The van der Waals surface area contributed by atoms with Crippen molar-refractivity contribution in [1.82, 2.24) is 9.47 Å². The monoisotopic (exact) mass is 539 g/mol. The molecule has 1 aromatic carbocycles. The summed E-state index contributed by atoms with van der Waals surface area (Å²) in [4.78, 5) is 33.0. The van der Waals surface area contributed by atoms with E-state index >= 15 is 0 Å². The van der Waals surface area contributed by atoms with E-state index in [0.29, 0.717) is 66.0 Å². The minimum absolute atomic E-state index is 0.0948. The van der Waals surface area contributed by atoms with E-state index in [4.69, 9.17) is 12.2 Å². The molecule has 2 aliphatic heterocycles. The van der Waals surface area contributed by atoms with E-state index in [1.165, 1.54) is 23.9 Å². The maximum atomic E-state index is 13.4. The zero-order chi connectivity index (χ0) is 26.7. The van der Waals surface area contributed by atoms with Crippen molar-refractivity contribution in [1.29, 1.82) is 5.26 Å². The van der Waals surface area contributed by atoms with Crippen LogP contribution in [0.5, 0.6) is 0 Å². The SMILES string of the molecule is CCCN1C(=O)C(=Cc2c(C)c(C#N)c(=O)n(CCC)c2N2CCN(c3ccc(F)cc3)CC2)SC1=S. The number of piperazine rings is 1. The number of carbonyl (C=O) groups excluding carboxylic acids is 1. The van der Waals surface area contributed by atoms with E-state index in [1.807, 2.05) is 13.8 Å². The van der Waals surface area contributed by atoms with Gasteiger partial charge in [0.05, 0.1) is 4.91 Å². The summed E-state index contributed by atoms with van der Waals surface area (Å²) in [5.41, 5.74) is 2.00. The summed E-state index contributed by atoms with van der Waals surface area (Å²) in [5.74, 6) is 0.311. The summed E-state index contributed by atoms with van der Waals surface area (Å²) in [5, 5.41) is 9.83. The Hall–Kier alpha value is -3.16. The third kappa shape index (κ3) is 5.29. The first-order valence-electron chi connectivity index (χ1n) is 12.5. The quantitative estimate of drug-likeness (QED) is 0.379. The first-order chi connectivity index (χ1) is 17.8. The Morgan fingerprint density at radius 2 is 1.68 bits per heavy atom. The highest BCUT2D eigenvalue weighted by atomic mass is 32.2. The number of aromatic nitrogens is 1. The van der Waals surface area contributed by atoms with Gasteiger partial charge in [0.2, 0.25) is 0 Å². The topological polar surface area (TPSA) is 72.6 Å². The van der Waals surface area contributed by atoms with Crippen LogP contribution in [0.1, 0.15) is 43.4 Å². The summed E-state index contributed by atoms with van der Waals surface area (Å²) in [6, 6.07) is 8.55. The van der Waals surface area contributed by atoms with Gasteiger partial charge in [0, 0.05) is 50.5 Å². The van der Waals surface area contributed by atoms with Gasteiger partial charge in [-0.15, -0.1) is 0 Å². The smallest absolute Gasteiger partial charge is 0.270 e. The number of rotatable bonds is 7. The van der Waals surface area contributed by atoms with E-state index in [0.717, 1.165) is 17.9 Å². The normalized spacial score (nSPS) is 17.2. The highest BCUT2D eigenvalue weighted by molar-refractivity contribution is 8.26. The van der Waals surface area contributed by atoms with E-state index < -0.39 is 0 Å². The highest BCUT2D eigenvalue weighted by Crippen LogP contribution is 2.36. The molecule has 2 fully saturated rings. The fourth-order valence-corrected chi connectivity index (χ4v) is 6.08. The van der Waals surface area contributed by atoms with Crippen molar-refractivity contribution in [3.05, 3.63) is 62.0 Å². The summed E-state index contributed by atoms with van der Waals surface area (Å²) in [7, 11) is 0. The Bertz CT molecular complexity index is 1340. The highest BCUT2D eigenvalue weighted by Gasteiger charge is 2.33. The number of pyridine rings is 1. The third-order valence-corrected chi connectivity index (χ3v) is 8.04. The number of amides is 1. The van der Waals surface area contributed by atoms with Gasteiger partial charge in [0.1, 0.15) is 27.6 Å². The molecule has 2 saturated heterocycles. The fraction of sp³-hybridized carbons (Fsp3) is 0.407. The van der Waals surface area contributed by atoms with Crippen LogP contribution in [0.15, 0.2) is 34.0 Å². The van der Waals surface area contributed by atoms with Crippen LogP contribution in [0.2, 0.25) is 0 Å². The van der Waals surface area contributed by atoms with Crippen LogP contribution in [0.25, 0.3) is 6.08 Å². The van der Waals surface area contributed by atoms with Gasteiger partial charge in [-0.3, -0.25) is 19.1 Å². The van der Waals surface area contributed by atoms with E-state index in [-0.39, 0.29) is 22.8 Å². The number of hydrogen-bond donors (Lipinski definition) is 0. The molecule has 0 saturated carbocycles. The summed E-state index contributed by atoms with van der Waals surface area (Å²) >= 11 is 6.71. The largest absolute Gasteiger partial charge is 0.368 e. The predicted octanol–water partition coefficient (Wildman–Crippen LogP) is 4.52. The number of nitrogens with zero attached hydrogens (tertiary/aromatic N) is 5. The van der Waals surface area contributed by atoms with E-state index in [1.54, 1.807) is 34.6 Å². The molecule has 0 N–H and O–H groups in total. The molecule has 4 rings (SSSR count). The van der Waals surface area contributed by atoms with Crippen molar-refractivity contribution in [3.8, 4) is 6.07 Å². The molecular formula is C27H30FN5O2S2. The van der Waals surface area contributed by atoms with Crippen LogP contribution in [-0.4, -0.2) is 52.4 Å². The van der Waals surface area contributed by atoms with E-state index in [9.17, 15) is 19.2 Å². The molecular weight excluding hydrogens is 509 g/mol. The Balaban J connectivity index is 1.78. The molecule has 1 amide bonds. The van der Waals surface area contributed by atoms with Gasteiger partial charge < -0.3 is 9.80 Å². The average molecular weight is 540 g/mol. The van der Waals surface area contributed by atoms with Gasteiger partial charge >= 0.3 is 0 Å². The molecule has 0 unspecified atom stereocenters. The average Bonchev–Trinajstić information content (AvgIpc) is 3.15. The number of carbonyl (C=O) groups is 1. The van der Waals surface area contributed by atoms with Crippen molar-refractivity contribution < 1.29 is 9.18 Å². The van der Waals surface area contributed by atoms with Gasteiger partial charge in [0.25, 0.3) is 11.5 Å². The van der Waals surface area contributed by atoms with Crippen LogP contribution >= 0.6 is 24.0 Å². The Kier molecular flexibility index (Phi) is 8.35. The molecule has 2 aliphatic rings. The number of anilines is 2. The predicted molar refractivity (Wildman–Crippen MR) is 151 cm³/mol. The lowest BCUT2D eigenvalue weighted by Gasteiger charge is -2.39. The number of nitriles is 1. The minimum Gasteiger partial charge on any atom is -0.368 e. The van der Waals surface area contributed by atoms with Crippen molar-refractivity contribution in [2.45, 2.75) is 40.2 Å². The molecule has 10 heteroatoms. The first kappa shape index (κ1) is 26.9. The summed E-state index contributed by atoms with van der Waals surface area (Å²) < 4.78 is 15.6. The molecule has 0 aliphatic carbocycles. The Morgan fingerprint density at radius 1 is 1.05 bits per heavy atom. The number of hydrogen-bond acceptors (Lipinski definition) is 7. The maximum Gasteiger partial charge on any atom is 0.270 e. The van der Waals surface area contributed by atoms with Crippen molar-refractivity contribution in [2.75, 3.05) is 42.5 Å². The molecule has 7 nitrogen and oxygen atoms in total. The molecule has 0 bridgehead atoms. The lowest BCUT2D eigenvalue weighted by molar-refractivity contribution is -0.122.